The van der Waals surface area contributed by atoms with Crippen LogP contribution in [0.2, 0.25) is 0 Å². The second-order valence-electron chi connectivity index (χ2n) is 8.76. The standard InChI is InChI=1S/C18H36N2O2/c1-13(2)14-9-8-10-15(11-14)19-12-18(6,7)20-16(21)22-17(3,4)5/h13-15,19H,8-12H2,1-7H3,(H,20,21). The van der Waals surface area contributed by atoms with E-state index in [0.717, 1.165) is 18.4 Å². The highest BCUT2D eigenvalue weighted by molar-refractivity contribution is 5.68. The fourth-order valence-electron chi connectivity index (χ4n) is 3.04. The molecule has 1 amide bonds. The van der Waals surface area contributed by atoms with Crippen molar-refractivity contribution >= 4 is 6.09 Å². The van der Waals surface area contributed by atoms with Crippen LogP contribution in [0.15, 0.2) is 0 Å². The number of carbonyl (C=O) groups excluding carboxylic acids is 1. The van der Waals surface area contributed by atoms with Gasteiger partial charge in [-0.25, -0.2) is 4.79 Å². The van der Waals surface area contributed by atoms with Crippen LogP contribution in [0, 0.1) is 11.8 Å². The predicted octanol–water partition coefficient (Wildman–Crippen LogP) is 4.09. The molecular formula is C18H36N2O2. The first-order chi connectivity index (χ1) is 9.98. The molecule has 1 saturated carbocycles. The quantitative estimate of drug-likeness (QED) is 0.803. The largest absolute Gasteiger partial charge is 0.444 e. The van der Waals surface area contributed by atoms with Gasteiger partial charge in [0.25, 0.3) is 0 Å². The third kappa shape index (κ3) is 7.48. The third-order valence-corrected chi connectivity index (χ3v) is 4.33. The van der Waals surface area contributed by atoms with Crippen LogP contribution in [0.5, 0.6) is 0 Å². The Labute approximate surface area is 136 Å². The van der Waals surface area contributed by atoms with Crippen molar-refractivity contribution in [3.8, 4) is 0 Å². The van der Waals surface area contributed by atoms with Gasteiger partial charge in [0.2, 0.25) is 0 Å². The van der Waals surface area contributed by atoms with Crippen LogP contribution in [-0.2, 0) is 4.74 Å². The van der Waals surface area contributed by atoms with Gasteiger partial charge in [-0.15, -0.1) is 0 Å². The normalized spacial score (nSPS) is 23.5. The number of hydrogen-bond donors (Lipinski definition) is 2. The maximum absolute atomic E-state index is 11.9. The van der Waals surface area contributed by atoms with Crippen molar-refractivity contribution in [3.63, 3.8) is 0 Å². The second-order valence-corrected chi connectivity index (χ2v) is 8.76. The summed E-state index contributed by atoms with van der Waals surface area (Å²) in [5, 5.41) is 6.61. The first-order valence-electron chi connectivity index (χ1n) is 8.73. The van der Waals surface area contributed by atoms with Gasteiger partial charge in [0.15, 0.2) is 0 Å². The van der Waals surface area contributed by atoms with Gasteiger partial charge in [0, 0.05) is 12.6 Å². The zero-order valence-electron chi connectivity index (χ0n) is 15.6. The van der Waals surface area contributed by atoms with Crippen LogP contribution >= 0.6 is 0 Å². The molecule has 0 aromatic rings. The Morgan fingerprint density at radius 3 is 2.36 bits per heavy atom. The summed E-state index contributed by atoms with van der Waals surface area (Å²) in [7, 11) is 0. The van der Waals surface area contributed by atoms with Gasteiger partial charge in [0.1, 0.15) is 5.60 Å². The molecule has 1 rings (SSSR count). The van der Waals surface area contributed by atoms with Crippen molar-refractivity contribution < 1.29 is 9.53 Å². The summed E-state index contributed by atoms with van der Waals surface area (Å²) in [5.41, 5.74) is -0.769. The summed E-state index contributed by atoms with van der Waals surface area (Å²) in [5.74, 6) is 1.59. The van der Waals surface area contributed by atoms with E-state index in [2.05, 4.69) is 24.5 Å². The molecule has 0 bridgehead atoms. The first kappa shape index (κ1) is 19.3. The maximum atomic E-state index is 11.9. The number of ether oxygens (including phenoxy) is 1. The van der Waals surface area contributed by atoms with Crippen molar-refractivity contribution in [3.05, 3.63) is 0 Å². The van der Waals surface area contributed by atoms with E-state index in [1.54, 1.807) is 0 Å². The molecule has 0 heterocycles. The molecule has 0 aromatic heterocycles. The van der Waals surface area contributed by atoms with E-state index in [1.165, 1.54) is 25.7 Å². The van der Waals surface area contributed by atoms with Crippen LogP contribution < -0.4 is 10.6 Å². The number of nitrogens with one attached hydrogen (secondary N) is 2. The lowest BCUT2D eigenvalue weighted by Crippen LogP contribution is -2.53. The molecule has 0 aromatic carbocycles. The lowest BCUT2D eigenvalue weighted by atomic mass is 9.79. The Hall–Kier alpha value is -0.770. The summed E-state index contributed by atoms with van der Waals surface area (Å²) in [6.07, 6.45) is 4.81. The van der Waals surface area contributed by atoms with Crippen LogP contribution in [0.1, 0.15) is 74.1 Å². The molecular weight excluding hydrogens is 276 g/mol. The molecule has 4 heteroatoms. The molecule has 22 heavy (non-hydrogen) atoms. The van der Waals surface area contributed by atoms with Crippen molar-refractivity contribution in [2.75, 3.05) is 6.54 Å². The summed E-state index contributed by atoms with van der Waals surface area (Å²) in [6.45, 7) is 15.1. The van der Waals surface area contributed by atoms with Crippen molar-refractivity contribution in [1.82, 2.24) is 10.6 Å². The summed E-state index contributed by atoms with van der Waals surface area (Å²) >= 11 is 0. The van der Waals surface area contributed by atoms with E-state index in [4.69, 9.17) is 4.74 Å². The van der Waals surface area contributed by atoms with Gasteiger partial charge in [-0.05, 0) is 59.3 Å². The van der Waals surface area contributed by atoms with Crippen LogP contribution in [0.3, 0.4) is 0 Å². The highest BCUT2D eigenvalue weighted by Gasteiger charge is 2.28. The van der Waals surface area contributed by atoms with Gasteiger partial charge < -0.3 is 15.4 Å². The van der Waals surface area contributed by atoms with Gasteiger partial charge in [-0.1, -0.05) is 26.7 Å². The van der Waals surface area contributed by atoms with E-state index in [9.17, 15) is 4.79 Å². The highest BCUT2D eigenvalue weighted by Crippen LogP contribution is 2.30. The molecule has 1 aliphatic rings. The molecule has 2 atom stereocenters. The average Bonchev–Trinajstić information content (AvgIpc) is 2.33. The Morgan fingerprint density at radius 2 is 1.82 bits per heavy atom. The second kappa shape index (κ2) is 7.67. The number of carbonyl (C=O) groups is 1. The summed E-state index contributed by atoms with van der Waals surface area (Å²) in [4.78, 5) is 11.9. The molecule has 130 valence electrons. The molecule has 0 spiro atoms. The fourth-order valence-corrected chi connectivity index (χ4v) is 3.04. The zero-order valence-corrected chi connectivity index (χ0v) is 15.6. The maximum Gasteiger partial charge on any atom is 0.408 e. The minimum atomic E-state index is -0.457. The number of hydrogen-bond acceptors (Lipinski definition) is 3. The van der Waals surface area contributed by atoms with Crippen molar-refractivity contribution in [2.24, 2.45) is 11.8 Å². The lowest BCUT2D eigenvalue weighted by Gasteiger charge is -2.35. The fraction of sp³-hybridized carbons (Fsp3) is 0.944. The SMILES string of the molecule is CC(C)C1CCCC(NCC(C)(C)NC(=O)OC(C)(C)C)C1. The Bertz CT molecular complexity index is 359. The highest BCUT2D eigenvalue weighted by atomic mass is 16.6. The minimum absolute atomic E-state index is 0.312. The molecule has 4 nitrogen and oxygen atoms in total. The van der Waals surface area contributed by atoms with E-state index >= 15 is 0 Å². The molecule has 0 aliphatic heterocycles. The third-order valence-electron chi connectivity index (χ3n) is 4.33. The van der Waals surface area contributed by atoms with E-state index in [1.807, 2.05) is 34.6 Å². The summed E-state index contributed by atoms with van der Waals surface area (Å²) < 4.78 is 5.34. The van der Waals surface area contributed by atoms with Gasteiger partial charge in [-0.3, -0.25) is 0 Å². The summed E-state index contributed by atoms with van der Waals surface area (Å²) in [6, 6.07) is 0.570. The molecule has 0 saturated heterocycles. The molecule has 0 radical (unpaired) electrons. The Balaban J connectivity index is 2.40. The van der Waals surface area contributed by atoms with Crippen molar-refractivity contribution in [2.45, 2.75) is 91.3 Å². The Morgan fingerprint density at radius 1 is 1.18 bits per heavy atom. The van der Waals surface area contributed by atoms with E-state index in [-0.39, 0.29) is 11.6 Å². The van der Waals surface area contributed by atoms with Gasteiger partial charge in [0.05, 0.1) is 5.54 Å². The van der Waals surface area contributed by atoms with Gasteiger partial charge in [-0.2, -0.15) is 0 Å². The minimum Gasteiger partial charge on any atom is -0.444 e. The van der Waals surface area contributed by atoms with Crippen molar-refractivity contribution in [1.29, 1.82) is 0 Å². The molecule has 2 unspecified atom stereocenters. The van der Waals surface area contributed by atoms with Crippen LogP contribution in [0.25, 0.3) is 0 Å². The monoisotopic (exact) mass is 312 g/mol. The molecule has 1 aliphatic carbocycles. The average molecular weight is 312 g/mol. The topological polar surface area (TPSA) is 50.4 Å². The van der Waals surface area contributed by atoms with E-state index < -0.39 is 5.60 Å². The van der Waals surface area contributed by atoms with Gasteiger partial charge >= 0.3 is 6.09 Å². The van der Waals surface area contributed by atoms with Crippen LogP contribution in [0.4, 0.5) is 4.79 Å². The first-order valence-corrected chi connectivity index (χ1v) is 8.73. The smallest absolute Gasteiger partial charge is 0.408 e. The number of amides is 1. The number of rotatable bonds is 5. The molecule has 1 fully saturated rings. The Kier molecular flexibility index (Phi) is 6.72. The lowest BCUT2D eigenvalue weighted by molar-refractivity contribution is 0.0469. The molecule has 2 N–H and O–H groups in total. The van der Waals surface area contributed by atoms with E-state index in [0.29, 0.717) is 6.04 Å². The predicted molar refractivity (Wildman–Crippen MR) is 92.0 cm³/mol. The van der Waals surface area contributed by atoms with Crippen LogP contribution in [-0.4, -0.2) is 29.8 Å². The zero-order chi connectivity index (χ0) is 17.0. The number of alkyl carbamates (subject to hydrolysis) is 1.